The number of hydrogen-bond acceptors (Lipinski definition) is 5. The Bertz CT molecular complexity index is 927. The van der Waals surface area contributed by atoms with Gasteiger partial charge >= 0.3 is 0 Å². The molecule has 0 saturated heterocycles. The fraction of sp³-hybridized carbons (Fsp3) is 0.150. The van der Waals surface area contributed by atoms with Gasteiger partial charge in [-0.2, -0.15) is 0 Å². The standard InChI is InChI=1S/C20H17N3O3/c1-25-18-3-2-15(22-11-18)13-26-17-4-5-19-14(10-17)12-23(20(19)24)16-6-8-21-9-7-16/h2-11H,12-13H2,1H3. The number of amides is 1. The molecule has 0 atom stereocenters. The van der Waals surface area contributed by atoms with E-state index in [1.165, 1.54) is 0 Å². The molecule has 0 aliphatic carbocycles. The second-order valence-electron chi connectivity index (χ2n) is 5.89. The molecule has 0 N–H and O–H groups in total. The molecule has 1 aromatic carbocycles. The van der Waals surface area contributed by atoms with Gasteiger partial charge < -0.3 is 14.4 Å². The van der Waals surface area contributed by atoms with Crippen LogP contribution >= 0.6 is 0 Å². The van der Waals surface area contributed by atoms with E-state index in [9.17, 15) is 4.79 Å². The van der Waals surface area contributed by atoms with E-state index in [2.05, 4.69) is 9.97 Å². The van der Waals surface area contributed by atoms with E-state index in [1.807, 2.05) is 42.5 Å². The topological polar surface area (TPSA) is 64.6 Å². The number of anilines is 1. The summed E-state index contributed by atoms with van der Waals surface area (Å²) in [6, 6.07) is 12.9. The van der Waals surface area contributed by atoms with Crippen molar-refractivity contribution in [2.45, 2.75) is 13.2 Å². The molecule has 6 heteroatoms. The second-order valence-corrected chi connectivity index (χ2v) is 5.89. The summed E-state index contributed by atoms with van der Waals surface area (Å²) < 4.78 is 10.9. The Morgan fingerprint density at radius 2 is 1.88 bits per heavy atom. The first-order chi connectivity index (χ1) is 12.7. The molecule has 0 bridgehead atoms. The summed E-state index contributed by atoms with van der Waals surface area (Å²) in [4.78, 5) is 22.6. The zero-order valence-corrected chi connectivity index (χ0v) is 14.3. The smallest absolute Gasteiger partial charge is 0.258 e. The number of nitrogens with zero attached hydrogens (tertiary/aromatic N) is 3. The lowest BCUT2D eigenvalue weighted by atomic mass is 10.1. The van der Waals surface area contributed by atoms with Crippen LogP contribution in [0.1, 0.15) is 21.6 Å². The molecule has 1 amide bonds. The van der Waals surface area contributed by atoms with Gasteiger partial charge in [0.1, 0.15) is 18.1 Å². The zero-order valence-electron chi connectivity index (χ0n) is 14.3. The van der Waals surface area contributed by atoms with Gasteiger partial charge in [0.2, 0.25) is 0 Å². The number of carbonyl (C=O) groups is 1. The van der Waals surface area contributed by atoms with Crippen molar-refractivity contribution in [3.63, 3.8) is 0 Å². The molecule has 0 fully saturated rings. The molecule has 130 valence electrons. The lowest BCUT2D eigenvalue weighted by Crippen LogP contribution is -2.22. The fourth-order valence-corrected chi connectivity index (χ4v) is 2.89. The third-order valence-electron chi connectivity index (χ3n) is 4.28. The Kier molecular flexibility index (Phi) is 4.23. The number of benzene rings is 1. The van der Waals surface area contributed by atoms with Crippen LogP contribution in [-0.4, -0.2) is 23.0 Å². The maximum absolute atomic E-state index is 12.6. The van der Waals surface area contributed by atoms with Crippen molar-refractivity contribution in [1.82, 2.24) is 9.97 Å². The molecule has 3 aromatic rings. The molecule has 3 heterocycles. The highest BCUT2D eigenvalue weighted by molar-refractivity contribution is 6.10. The minimum Gasteiger partial charge on any atom is -0.495 e. The van der Waals surface area contributed by atoms with Crippen molar-refractivity contribution < 1.29 is 14.3 Å². The fourth-order valence-electron chi connectivity index (χ4n) is 2.89. The third kappa shape index (κ3) is 3.09. The first kappa shape index (κ1) is 16.1. The van der Waals surface area contributed by atoms with Crippen LogP contribution in [0.2, 0.25) is 0 Å². The molecule has 1 aliphatic rings. The molecular weight excluding hydrogens is 330 g/mol. The Hall–Kier alpha value is -3.41. The maximum atomic E-state index is 12.6. The van der Waals surface area contributed by atoms with Crippen LogP contribution in [0.25, 0.3) is 0 Å². The predicted octanol–water partition coefficient (Wildman–Crippen LogP) is 3.22. The number of pyridine rings is 2. The van der Waals surface area contributed by atoms with E-state index >= 15 is 0 Å². The van der Waals surface area contributed by atoms with Crippen molar-refractivity contribution in [3.8, 4) is 11.5 Å². The monoisotopic (exact) mass is 347 g/mol. The summed E-state index contributed by atoms with van der Waals surface area (Å²) in [5.74, 6) is 1.42. The molecule has 26 heavy (non-hydrogen) atoms. The highest BCUT2D eigenvalue weighted by atomic mass is 16.5. The summed E-state index contributed by atoms with van der Waals surface area (Å²) in [6.45, 7) is 0.876. The Morgan fingerprint density at radius 1 is 1.08 bits per heavy atom. The summed E-state index contributed by atoms with van der Waals surface area (Å²) >= 11 is 0. The first-order valence-corrected chi connectivity index (χ1v) is 8.21. The summed E-state index contributed by atoms with van der Waals surface area (Å²) in [7, 11) is 1.61. The van der Waals surface area contributed by atoms with Gasteiger partial charge in [0, 0.05) is 23.6 Å². The number of rotatable bonds is 5. The zero-order chi connectivity index (χ0) is 17.9. The average Bonchev–Trinajstić information content (AvgIpc) is 3.03. The van der Waals surface area contributed by atoms with Gasteiger partial charge in [-0.15, -0.1) is 0 Å². The lowest BCUT2D eigenvalue weighted by molar-refractivity contribution is 0.0996. The third-order valence-corrected chi connectivity index (χ3v) is 4.28. The molecule has 4 rings (SSSR count). The van der Waals surface area contributed by atoms with Crippen LogP contribution in [0.5, 0.6) is 11.5 Å². The van der Waals surface area contributed by atoms with Gasteiger partial charge in [-0.25, -0.2) is 0 Å². The quantitative estimate of drug-likeness (QED) is 0.709. The Labute approximate surface area is 151 Å². The number of hydrogen-bond donors (Lipinski definition) is 0. The highest BCUT2D eigenvalue weighted by Gasteiger charge is 2.28. The van der Waals surface area contributed by atoms with Gasteiger partial charge in [0.05, 0.1) is 25.5 Å². The van der Waals surface area contributed by atoms with Crippen molar-refractivity contribution in [2.24, 2.45) is 0 Å². The second kappa shape index (κ2) is 6.84. The first-order valence-electron chi connectivity index (χ1n) is 8.21. The van der Waals surface area contributed by atoms with E-state index < -0.39 is 0 Å². The average molecular weight is 347 g/mol. The molecule has 6 nitrogen and oxygen atoms in total. The van der Waals surface area contributed by atoms with Gasteiger partial charge in [-0.1, -0.05) is 0 Å². The van der Waals surface area contributed by atoms with Crippen LogP contribution in [0.4, 0.5) is 5.69 Å². The minimum atomic E-state index is -0.00503. The van der Waals surface area contributed by atoms with Gasteiger partial charge in [-0.3, -0.25) is 14.8 Å². The summed E-state index contributed by atoms with van der Waals surface area (Å²) in [5, 5.41) is 0. The molecule has 0 unspecified atom stereocenters. The number of methoxy groups -OCH3 is 1. The minimum absolute atomic E-state index is 0.00503. The molecule has 1 aliphatic heterocycles. The van der Waals surface area contributed by atoms with Crippen molar-refractivity contribution in [2.75, 3.05) is 12.0 Å². The van der Waals surface area contributed by atoms with Crippen molar-refractivity contribution in [1.29, 1.82) is 0 Å². The van der Waals surface area contributed by atoms with E-state index in [0.717, 1.165) is 16.9 Å². The van der Waals surface area contributed by atoms with E-state index in [1.54, 1.807) is 30.6 Å². The molecule has 0 saturated carbocycles. The normalized spacial score (nSPS) is 12.8. The van der Waals surface area contributed by atoms with E-state index in [-0.39, 0.29) is 5.91 Å². The van der Waals surface area contributed by atoms with Crippen LogP contribution in [-0.2, 0) is 13.2 Å². The summed E-state index contributed by atoms with van der Waals surface area (Å²) in [6.07, 6.45) is 5.02. The van der Waals surface area contributed by atoms with Crippen molar-refractivity contribution >= 4 is 11.6 Å². The Morgan fingerprint density at radius 3 is 2.62 bits per heavy atom. The van der Waals surface area contributed by atoms with Gasteiger partial charge in [0.15, 0.2) is 0 Å². The maximum Gasteiger partial charge on any atom is 0.258 e. The number of aromatic nitrogens is 2. The van der Waals surface area contributed by atoms with Crippen LogP contribution in [0.3, 0.4) is 0 Å². The van der Waals surface area contributed by atoms with Crippen LogP contribution < -0.4 is 14.4 Å². The number of ether oxygens (including phenoxy) is 2. The van der Waals surface area contributed by atoms with Crippen LogP contribution in [0, 0.1) is 0 Å². The van der Waals surface area contributed by atoms with Gasteiger partial charge in [0.25, 0.3) is 5.91 Å². The molecular formula is C20H17N3O3. The number of fused-ring (bicyclic) bond motifs is 1. The number of carbonyl (C=O) groups excluding carboxylic acids is 1. The van der Waals surface area contributed by atoms with Crippen molar-refractivity contribution in [3.05, 3.63) is 77.9 Å². The summed E-state index contributed by atoms with van der Waals surface area (Å²) in [5.41, 5.74) is 3.30. The van der Waals surface area contributed by atoms with E-state index in [4.69, 9.17) is 9.47 Å². The highest BCUT2D eigenvalue weighted by Crippen LogP contribution is 2.30. The van der Waals surface area contributed by atoms with Crippen LogP contribution in [0.15, 0.2) is 61.1 Å². The lowest BCUT2D eigenvalue weighted by Gasteiger charge is -2.14. The molecule has 0 spiro atoms. The largest absolute Gasteiger partial charge is 0.495 e. The predicted molar refractivity (Wildman–Crippen MR) is 96.3 cm³/mol. The Balaban J connectivity index is 1.48. The van der Waals surface area contributed by atoms with Gasteiger partial charge in [-0.05, 0) is 48.0 Å². The SMILES string of the molecule is COc1ccc(COc2ccc3c(c2)CN(c2ccncc2)C3=O)nc1. The van der Waals surface area contributed by atoms with E-state index in [0.29, 0.717) is 30.2 Å². The molecule has 0 radical (unpaired) electrons. The molecule has 2 aromatic heterocycles.